The molecule has 1 aromatic carbocycles. The average Bonchev–Trinajstić information content (AvgIpc) is 2.38. The summed E-state index contributed by atoms with van der Waals surface area (Å²) in [6, 6.07) is 6.32. The summed E-state index contributed by atoms with van der Waals surface area (Å²) in [4.78, 5) is 11.4. The third kappa shape index (κ3) is 4.91. The highest BCUT2D eigenvalue weighted by Gasteiger charge is 2.11. The van der Waals surface area contributed by atoms with Gasteiger partial charge in [0.15, 0.2) is 0 Å². The Bertz CT molecular complexity index is 419. The molecule has 106 valence electrons. The van der Waals surface area contributed by atoms with Gasteiger partial charge in [0.05, 0.1) is 7.11 Å². The van der Waals surface area contributed by atoms with Crippen molar-refractivity contribution in [3.8, 4) is 5.75 Å². The van der Waals surface area contributed by atoms with E-state index < -0.39 is 0 Å². The number of ether oxygens (including phenoxy) is 1. The Kier molecular flexibility index (Phi) is 6.36. The molecule has 0 fully saturated rings. The predicted octanol–water partition coefficient (Wildman–Crippen LogP) is 2.18. The lowest BCUT2D eigenvalue weighted by atomic mass is 10.0. The molecule has 4 nitrogen and oxygen atoms in total. The molecule has 0 aliphatic heterocycles. The van der Waals surface area contributed by atoms with E-state index in [2.05, 4.69) is 29.7 Å². The van der Waals surface area contributed by atoms with Crippen molar-refractivity contribution >= 4 is 5.91 Å². The van der Waals surface area contributed by atoms with Crippen molar-refractivity contribution in [2.75, 3.05) is 20.2 Å². The molecule has 1 amide bonds. The van der Waals surface area contributed by atoms with Gasteiger partial charge in [0.25, 0.3) is 0 Å². The van der Waals surface area contributed by atoms with E-state index in [0.717, 1.165) is 11.3 Å². The summed E-state index contributed by atoms with van der Waals surface area (Å²) in [7, 11) is 1.68. The van der Waals surface area contributed by atoms with Crippen LogP contribution in [0.4, 0.5) is 0 Å². The fourth-order valence-electron chi connectivity index (χ4n) is 1.97. The molecule has 0 aromatic heterocycles. The number of amides is 1. The maximum absolute atomic E-state index is 11.4. The first-order valence-electron chi connectivity index (χ1n) is 6.73. The molecule has 1 unspecified atom stereocenters. The summed E-state index contributed by atoms with van der Waals surface area (Å²) >= 11 is 0. The number of carbonyl (C=O) groups is 1. The Hall–Kier alpha value is -1.55. The minimum Gasteiger partial charge on any atom is -0.496 e. The number of hydrogen-bond donors (Lipinski definition) is 2. The Morgan fingerprint density at radius 1 is 1.42 bits per heavy atom. The molecule has 0 heterocycles. The van der Waals surface area contributed by atoms with E-state index in [1.54, 1.807) is 7.11 Å². The SMILES string of the molecule is CCNC(=O)CCNC(C)c1ccc(C)cc1OC. The number of methoxy groups -OCH3 is 1. The summed E-state index contributed by atoms with van der Waals surface area (Å²) in [5.41, 5.74) is 2.29. The topological polar surface area (TPSA) is 50.4 Å². The highest BCUT2D eigenvalue weighted by Crippen LogP contribution is 2.25. The smallest absolute Gasteiger partial charge is 0.221 e. The van der Waals surface area contributed by atoms with Gasteiger partial charge in [0, 0.05) is 31.1 Å². The van der Waals surface area contributed by atoms with Crippen molar-refractivity contribution in [1.82, 2.24) is 10.6 Å². The highest BCUT2D eigenvalue weighted by molar-refractivity contribution is 5.75. The molecule has 0 aliphatic rings. The molecule has 0 bridgehead atoms. The molecular formula is C15H24N2O2. The van der Waals surface area contributed by atoms with Gasteiger partial charge in [-0.25, -0.2) is 0 Å². The molecule has 0 radical (unpaired) electrons. The van der Waals surface area contributed by atoms with Crippen LogP contribution in [0.25, 0.3) is 0 Å². The number of carbonyl (C=O) groups excluding carboxylic acids is 1. The first-order chi connectivity index (χ1) is 9.08. The first kappa shape index (κ1) is 15.5. The number of nitrogens with one attached hydrogen (secondary N) is 2. The molecule has 0 spiro atoms. The monoisotopic (exact) mass is 264 g/mol. The van der Waals surface area contributed by atoms with E-state index in [9.17, 15) is 4.79 Å². The van der Waals surface area contributed by atoms with Crippen molar-refractivity contribution in [2.45, 2.75) is 33.2 Å². The molecule has 1 atom stereocenters. The van der Waals surface area contributed by atoms with Crippen molar-refractivity contribution < 1.29 is 9.53 Å². The molecule has 1 rings (SSSR count). The second kappa shape index (κ2) is 7.79. The molecule has 19 heavy (non-hydrogen) atoms. The lowest BCUT2D eigenvalue weighted by Gasteiger charge is -2.17. The summed E-state index contributed by atoms with van der Waals surface area (Å²) in [6.45, 7) is 7.37. The van der Waals surface area contributed by atoms with E-state index in [-0.39, 0.29) is 11.9 Å². The molecule has 0 aliphatic carbocycles. The van der Waals surface area contributed by atoms with Gasteiger partial charge in [0.1, 0.15) is 5.75 Å². The minimum absolute atomic E-state index is 0.0815. The van der Waals surface area contributed by atoms with E-state index in [1.165, 1.54) is 5.56 Å². The van der Waals surface area contributed by atoms with Crippen molar-refractivity contribution in [3.05, 3.63) is 29.3 Å². The first-order valence-corrected chi connectivity index (χ1v) is 6.73. The normalized spacial score (nSPS) is 12.0. The summed E-state index contributed by atoms with van der Waals surface area (Å²) < 4.78 is 5.39. The minimum atomic E-state index is 0.0815. The largest absolute Gasteiger partial charge is 0.496 e. The van der Waals surface area contributed by atoms with E-state index in [0.29, 0.717) is 19.5 Å². The van der Waals surface area contributed by atoms with Gasteiger partial charge < -0.3 is 15.4 Å². The fourth-order valence-corrected chi connectivity index (χ4v) is 1.97. The molecule has 0 saturated heterocycles. The third-order valence-electron chi connectivity index (χ3n) is 3.03. The van der Waals surface area contributed by atoms with E-state index in [1.807, 2.05) is 19.9 Å². The van der Waals surface area contributed by atoms with Crippen LogP contribution in [0, 0.1) is 6.92 Å². The molecule has 4 heteroatoms. The number of rotatable bonds is 7. The zero-order valence-corrected chi connectivity index (χ0v) is 12.2. The van der Waals surface area contributed by atoms with Gasteiger partial charge in [-0.05, 0) is 32.4 Å². The van der Waals surface area contributed by atoms with Crippen LogP contribution < -0.4 is 15.4 Å². The van der Waals surface area contributed by atoms with Crippen LogP contribution >= 0.6 is 0 Å². The Morgan fingerprint density at radius 2 is 2.16 bits per heavy atom. The van der Waals surface area contributed by atoms with Crippen molar-refractivity contribution in [1.29, 1.82) is 0 Å². The van der Waals surface area contributed by atoms with Crippen LogP contribution in [0.15, 0.2) is 18.2 Å². The van der Waals surface area contributed by atoms with Gasteiger partial charge >= 0.3 is 0 Å². The zero-order valence-electron chi connectivity index (χ0n) is 12.2. The number of hydrogen-bond acceptors (Lipinski definition) is 3. The average molecular weight is 264 g/mol. The van der Waals surface area contributed by atoms with Crippen molar-refractivity contribution in [3.63, 3.8) is 0 Å². The summed E-state index contributed by atoms with van der Waals surface area (Å²) in [5, 5.41) is 6.13. The molecule has 0 saturated carbocycles. The van der Waals surface area contributed by atoms with Gasteiger partial charge in [-0.2, -0.15) is 0 Å². The van der Waals surface area contributed by atoms with Crippen molar-refractivity contribution in [2.24, 2.45) is 0 Å². The summed E-state index contributed by atoms with van der Waals surface area (Å²) in [5.74, 6) is 0.969. The van der Waals surface area contributed by atoms with E-state index in [4.69, 9.17) is 4.74 Å². The quantitative estimate of drug-likeness (QED) is 0.793. The van der Waals surface area contributed by atoms with Crippen LogP contribution in [0.3, 0.4) is 0 Å². The molecule has 2 N–H and O–H groups in total. The van der Waals surface area contributed by atoms with Gasteiger partial charge in [-0.15, -0.1) is 0 Å². The lowest BCUT2D eigenvalue weighted by Crippen LogP contribution is -2.28. The lowest BCUT2D eigenvalue weighted by molar-refractivity contribution is -0.120. The van der Waals surface area contributed by atoms with Gasteiger partial charge in [-0.3, -0.25) is 4.79 Å². The van der Waals surface area contributed by atoms with Crippen LogP contribution in [-0.2, 0) is 4.79 Å². The van der Waals surface area contributed by atoms with E-state index >= 15 is 0 Å². The Morgan fingerprint density at radius 3 is 2.79 bits per heavy atom. The summed E-state index contributed by atoms with van der Waals surface area (Å²) in [6.07, 6.45) is 0.492. The second-order valence-electron chi connectivity index (χ2n) is 4.62. The van der Waals surface area contributed by atoms with Crippen LogP contribution in [0.5, 0.6) is 5.75 Å². The Labute approximate surface area is 115 Å². The number of benzene rings is 1. The van der Waals surface area contributed by atoms with Crippen LogP contribution in [0.1, 0.15) is 37.4 Å². The molecule has 1 aromatic rings. The zero-order chi connectivity index (χ0) is 14.3. The standard InChI is InChI=1S/C15H24N2O2/c1-5-16-15(18)8-9-17-12(3)13-7-6-11(2)10-14(13)19-4/h6-7,10,12,17H,5,8-9H2,1-4H3,(H,16,18). The van der Waals surface area contributed by atoms with Crippen LogP contribution in [-0.4, -0.2) is 26.1 Å². The third-order valence-corrected chi connectivity index (χ3v) is 3.03. The highest BCUT2D eigenvalue weighted by atomic mass is 16.5. The van der Waals surface area contributed by atoms with Gasteiger partial charge in [0.2, 0.25) is 5.91 Å². The predicted molar refractivity (Wildman–Crippen MR) is 77.4 cm³/mol. The Balaban J connectivity index is 2.53. The van der Waals surface area contributed by atoms with Crippen LogP contribution in [0.2, 0.25) is 0 Å². The maximum Gasteiger partial charge on any atom is 0.221 e. The maximum atomic E-state index is 11.4. The molecular weight excluding hydrogens is 240 g/mol. The number of aryl methyl sites for hydroxylation is 1. The van der Waals surface area contributed by atoms with Gasteiger partial charge in [-0.1, -0.05) is 12.1 Å². The second-order valence-corrected chi connectivity index (χ2v) is 4.62. The fraction of sp³-hybridized carbons (Fsp3) is 0.533.